The van der Waals surface area contributed by atoms with E-state index in [2.05, 4.69) is 61.0 Å². The number of aryl methyl sites for hydroxylation is 2. The van der Waals surface area contributed by atoms with Crippen LogP contribution in [0.25, 0.3) is 21.8 Å². The third-order valence-corrected chi connectivity index (χ3v) is 3.07. The summed E-state index contributed by atoms with van der Waals surface area (Å²) < 4.78 is 2.25. The van der Waals surface area contributed by atoms with Gasteiger partial charge in [-0.15, -0.1) is 0 Å². The minimum atomic E-state index is 1.30. The van der Waals surface area contributed by atoms with Crippen LogP contribution >= 0.6 is 0 Å². The summed E-state index contributed by atoms with van der Waals surface area (Å²) in [6.07, 6.45) is 0. The van der Waals surface area contributed by atoms with Gasteiger partial charge in [-0.2, -0.15) is 0 Å². The lowest BCUT2D eigenvalue weighted by Gasteiger charge is -1.97. The van der Waals surface area contributed by atoms with Gasteiger partial charge in [-0.1, -0.05) is 43.7 Å². The normalized spacial score (nSPS) is 10.4. The quantitative estimate of drug-likeness (QED) is 0.524. The summed E-state index contributed by atoms with van der Waals surface area (Å²) in [5, 5.41) is 2.70. The van der Waals surface area contributed by atoms with Gasteiger partial charge in [0, 0.05) is 28.9 Å². The first-order valence-corrected chi connectivity index (χ1v) is 6.21. The van der Waals surface area contributed by atoms with Crippen molar-refractivity contribution in [3.8, 4) is 0 Å². The van der Waals surface area contributed by atoms with Crippen molar-refractivity contribution in [3.05, 3.63) is 48.0 Å². The molecule has 2 aromatic carbocycles. The van der Waals surface area contributed by atoms with Crippen molar-refractivity contribution in [3.63, 3.8) is 0 Å². The van der Waals surface area contributed by atoms with Crippen LogP contribution in [-0.4, -0.2) is 4.57 Å². The topological polar surface area (TPSA) is 4.93 Å². The lowest BCUT2D eigenvalue weighted by molar-refractivity contribution is 1.01. The predicted molar refractivity (Wildman–Crippen MR) is 76.5 cm³/mol. The van der Waals surface area contributed by atoms with Crippen LogP contribution in [0.2, 0.25) is 0 Å². The van der Waals surface area contributed by atoms with Crippen LogP contribution in [0.3, 0.4) is 0 Å². The van der Waals surface area contributed by atoms with Crippen LogP contribution in [0.5, 0.6) is 0 Å². The predicted octanol–water partition coefficient (Wildman–Crippen LogP) is 4.67. The molecule has 88 valence electrons. The first-order chi connectivity index (χ1) is 8.27. The molecule has 17 heavy (non-hydrogen) atoms. The van der Waals surface area contributed by atoms with Crippen LogP contribution < -0.4 is 0 Å². The molecule has 0 amide bonds. The summed E-state index contributed by atoms with van der Waals surface area (Å²) in [7, 11) is 2.12. The third kappa shape index (κ3) is 1.82. The molecule has 0 spiro atoms. The molecule has 0 N–H and O–H groups in total. The van der Waals surface area contributed by atoms with E-state index in [1.54, 1.807) is 0 Å². The van der Waals surface area contributed by atoms with E-state index >= 15 is 0 Å². The van der Waals surface area contributed by atoms with E-state index in [1.165, 1.54) is 27.4 Å². The molecule has 1 heterocycles. The molecule has 1 aromatic heterocycles. The second-order valence-electron chi connectivity index (χ2n) is 4.10. The van der Waals surface area contributed by atoms with Gasteiger partial charge in [0.2, 0.25) is 0 Å². The Balaban J connectivity index is 0.000000514. The fraction of sp³-hybridized carbons (Fsp3) is 0.250. The lowest BCUT2D eigenvalue weighted by Crippen LogP contribution is -1.85. The van der Waals surface area contributed by atoms with Crippen molar-refractivity contribution in [1.82, 2.24) is 4.57 Å². The van der Waals surface area contributed by atoms with E-state index in [0.29, 0.717) is 0 Å². The van der Waals surface area contributed by atoms with E-state index < -0.39 is 0 Å². The summed E-state index contributed by atoms with van der Waals surface area (Å²) in [5.74, 6) is 0. The molecule has 3 rings (SSSR count). The molecule has 0 aliphatic carbocycles. The minimum Gasteiger partial charge on any atom is -0.344 e. The molecular formula is C16H19N. The molecule has 0 saturated heterocycles. The molecule has 0 saturated carbocycles. The Morgan fingerprint density at radius 1 is 0.824 bits per heavy atom. The Morgan fingerprint density at radius 3 is 2.24 bits per heavy atom. The standard InChI is InChI=1S/C14H13N.C2H6/c1-10-7-8-14-12(9-10)11-5-3-4-6-13(11)15(14)2;1-2/h3-9H,1-2H3;1-2H3. The Labute approximate surface area is 103 Å². The number of benzene rings is 2. The second kappa shape index (κ2) is 4.62. The van der Waals surface area contributed by atoms with E-state index in [-0.39, 0.29) is 0 Å². The summed E-state index contributed by atoms with van der Waals surface area (Å²) in [6.45, 7) is 6.14. The molecule has 3 aromatic rings. The van der Waals surface area contributed by atoms with Gasteiger partial charge < -0.3 is 4.57 Å². The van der Waals surface area contributed by atoms with E-state index in [0.717, 1.165) is 0 Å². The van der Waals surface area contributed by atoms with Crippen molar-refractivity contribution >= 4 is 21.8 Å². The lowest BCUT2D eigenvalue weighted by atomic mass is 10.1. The van der Waals surface area contributed by atoms with Crippen LogP contribution in [-0.2, 0) is 7.05 Å². The van der Waals surface area contributed by atoms with Crippen molar-refractivity contribution in [2.24, 2.45) is 7.05 Å². The van der Waals surface area contributed by atoms with Crippen molar-refractivity contribution in [1.29, 1.82) is 0 Å². The summed E-state index contributed by atoms with van der Waals surface area (Å²) in [4.78, 5) is 0. The SMILES string of the molecule is CC.Cc1ccc2c(c1)c1ccccc1n2C. The summed E-state index contributed by atoms with van der Waals surface area (Å²) >= 11 is 0. The van der Waals surface area contributed by atoms with Crippen LogP contribution in [0.1, 0.15) is 19.4 Å². The molecule has 1 heteroatoms. The third-order valence-electron chi connectivity index (χ3n) is 3.07. The number of nitrogens with zero attached hydrogens (tertiary/aromatic N) is 1. The maximum absolute atomic E-state index is 2.26. The number of aromatic nitrogens is 1. The molecular weight excluding hydrogens is 206 g/mol. The van der Waals surface area contributed by atoms with Gasteiger partial charge in [0.15, 0.2) is 0 Å². The average molecular weight is 225 g/mol. The maximum atomic E-state index is 2.26. The maximum Gasteiger partial charge on any atom is 0.0488 e. The zero-order valence-corrected chi connectivity index (χ0v) is 11.0. The Hall–Kier alpha value is -1.76. The highest BCUT2D eigenvalue weighted by molar-refractivity contribution is 6.08. The molecule has 0 unspecified atom stereocenters. The van der Waals surface area contributed by atoms with Gasteiger partial charge in [0.1, 0.15) is 0 Å². The van der Waals surface area contributed by atoms with Crippen molar-refractivity contribution in [2.75, 3.05) is 0 Å². The molecule has 0 bridgehead atoms. The molecule has 0 atom stereocenters. The van der Waals surface area contributed by atoms with Crippen LogP contribution in [0.15, 0.2) is 42.5 Å². The fourth-order valence-corrected chi connectivity index (χ4v) is 2.28. The minimum absolute atomic E-state index is 1.30. The number of para-hydroxylation sites is 1. The molecule has 0 fully saturated rings. The van der Waals surface area contributed by atoms with Gasteiger partial charge in [-0.05, 0) is 25.1 Å². The highest BCUT2D eigenvalue weighted by atomic mass is 14.9. The van der Waals surface area contributed by atoms with E-state index in [4.69, 9.17) is 0 Å². The first kappa shape index (κ1) is 11.7. The molecule has 0 radical (unpaired) electrons. The Bertz CT molecular complexity index is 647. The molecule has 0 aliphatic rings. The number of hydrogen-bond donors (Lipinski definition) is 0. The molecule has 0 aliphatic heterocycles. The highest BCUT2D eigenvalue weighted by Crippen LogP contribution is 2.28. The van der Waals surface area contributed by atoms with Gasteiger partial charge in [-0.25, -0.2) is 0 Å². The van der Waals surface area contributed by atoms with E-state index in [1.807, 2.05) is 13.8 Å². The van der Waals surface area contributed by atoms with Gasteiger partial charge >= 0.3 is 0 Å². The number of fused-ring (bicyclic) bond motifs is 3. The fourth-order valence-electron chi connectivity index (χ4n) is 2.28. The zero-order chi connectivity index (χ0) is 12.4. The Kier molecular flexibility index (Phi) is 3.19. The van der Waals surface area contributed by atoms with Crippen molar-refractivity contribution < 1.29 is 0 Å². The smallest absolute Gasteiger partial charge is 0.0488 e. The average Bonchev–Trinajstić information content (AvgIpc) is 2.66. The number of rotatable bonds is 0. The largest absolute Gasteiger partial charge is 0.344 e. The van der Waals surface area contributed by atoms with Crippen molar-refractivity contribution in [2.45, 2.75) is 20.8 Å². The van der Waals surface area contributed by atoms with Gasteiger partial charge in [-0.3, -0.25) is 0 Å². The van der Waals surface area contributed by atoms with Crippen LogP contribution in [0, 0.1) is 6.92 Å². The van der Waals surface area contributed by atoms with Gasteiger partial charge in [0.05, 0.1) is 0 Å². The summed E-state index contributed by atoms with van der Waals surface area (Å²) in [6, 6.07) is 15.2. The zero-order valence-electron chi connectivity index (χ0n) is 11.0. The summed E-state index contributed by atoms with van der Waals surface area (Å²) in [5.41, 5.74) is 3.93. The van der Waals surface area contributed by atoms with E-state index in [9.17, 15) is 0 Å². The molecule has 1 nitrogen and oxygen atoms in total. The first-order valence-electron chi connectivity index (χ1n) is 6.21. The second-order valence-corrected chi connectivity index (χ2v) is 4.10. The van der Waals surface area contributed by atoms with Crippen LogP contribution in [0.4, 0.5) is 0 Å². The Morgan fingerprint density at radius 2 is 1.47 bits per heavy atom. The van der Waals surface area contributed by atoms with Gasteiger partial charge in [0.25, 0.3) is 0 Å². The monoisotopic (exact) mass is 225 g/mol. The highest BCUT2D eigenvalue weighted by Gasteiger charge is 2.06. The number of hydrogen-bond acceptors (Lipinski definition) is 0.